The number of likely N-dealkylation sites (N-methyl/N-ethyl adjacent to an activating group) is 1. The second kappa shape index (κ2) is 7.51. The smallest absolute Gasteiger partial charge is 0.243 e. The molecule has 6 nitrogen and oxygen atoms in total. The highest BCUT2D eigenvalue weighted by Crippen LogP contribution is 2.19. The fourth-order valence-electron chi connectivity index (χ4n) is 2.85. The molecule has 0 spiro atoms. The van der Waals surface area contributed by atoms with Gasteiger partial charge >= 0.3 is 0 Å². The molecule has 0 aliphatic heterocycles. The second-order valence-electron chi connectivity index (χ2n) is 6.51. The number of anilines is 1. The van der Waals surface area contributed by atoms with Crippen LogP contribution in [0, 0.1) is 27.7 Å². The van der Waals surface area contributed by atoms with Gasteiger partial charge in [-0.25, -0.2) is 0 Å². The Balaban J connectivity index is 2.00. The highest BCUT2D eigenvalue weighted by molar-refractivity contribution is 5.95. The van der Waals surface area contributed by atoms with E-state index in [9.17, 15) is 9.59 Å². The van der Waals surface area contributed by atoms with E-state index in [4.69, 9.17) is 0 Å². The summed E-state index contributed by atoms with van der Waals surface area (Å²) in [5.74, 6) is -0.302. The number of carbonyl (C=O) groups is 2. The van der Waals surface area contributed by atoms with Crippen LogP contribution in [-0.2, 0) is 23.1 Å². The average Bonchev–Trinajstić information content (AvgIpc) is 2.77. The molecule has 0 radical (unpaired) electrons. The molecule has 2 aromatic rings. The molecule has 0 aliphatic carbocycles. The summed E-state index contributed by atoms with van der Waals surface area (Å²) in [5, 5.41) is 7.23. The molecule has 0 unspecified atom stereocenters. The van der Waals surface area contributed by atoms with Crippen molar-refractivity contribution in [3.05, 3.63) is 46.3 Å². The molecular weight excluding hydrogens is 316 g/mol. The van der Waals surface area contributed by atoms with Gasteiger partial charge in [-0.15, -0.1) is 0 Å². The Labute approximate surface area is 148 Å². The zero-order valence-corrected chi connectivity index (χ0v) is 15.8. The molecular formula is C19H26N4O2. The predicted molar refractivity (Wildman–Crippen MR) is 98.6 cm³/mol. The quantitative estimate of drug-likeness (QED) is 0.906. The van der Waals surface area contributed by atoms with Gasteiger partial charge in [0.15, 0.2) is 0 Å². The van der Waals surface area contributed by atoms with Gasteiger partial charge in [0.05, 0.1) is 18.7 Å². The van der Waals surface area contributed by atoms with Crippen molar-refractivity contribution in [2.24, 2.45) is 7.05 Å². The van der Waals surface area contributed by atoms with Crippen molar-refractivity contribution < 1.29 is 9.59 Å². The summed E-state index contributed by atoms with van der Waals surface area (Å²) in [6, 6.07) is 5.85. The minimum Gasteiger partial charge on any atom is -0.336 e. The Bertz CT molecular complexity index is 788. The summed E-state index contributed by atoms with van der Waals surface area (Å²) >= 11 is 0. The molecule has 0 fully saturated rings. The summed E-state index contributed by atoms with van der Waals surface area (Å²) in [6.45, 7) is 7.75. The Kier molecular flexibility index (Phi) is 5.62. The number of para-hydroxylation sites is 1. The largest absolute Gasteiger partial charge is 0.336 e. The highest BCUT2D eigenvalue weighted by atomic mass is 16.2. The SMILES string of the molecule is Cc1cccc(C)c1NC(=O)CN(C)C(=O)Cc1c(C)nn(C)c1C. The summed E-state index contributed by atoms with van der Waals surface area (Å²) in [4.78, 5) is 26.2. The molecule has 0 aliphatic rings. The third-order valence-electron chi connectivity index (χ3n) is 4.54. The van der Waals surface area contributed by atoms with Crippen molar-refractivity contribution in [3.63, 3.8) is 0 Å². The maximum atomic E-state index is 12.5. The minimum atomic E-state index is -0.201. The van der Waals surface area contributed by atoms with Crippen molar-refractivity contribution in [3.8, 4) is 0 Å². The van der Waals surface area contributed by atoms with Gasteiger partial charge in [-0.2, -0.15) is 5.10 Å². The van der Waals surface area contributed by atoms with E-state index in [2.05, 4.69) is 10.4 Å². The molecule has 1 N–H and O–H groups in total. The van der Waals surface area contributed by atoms with E-state index in [1.165, 1.54) is 4.90 Å². The summed E-state index contributed by atoms with van der Waals surface area (Å²) in [5.41, 5.74) is 5.57. The summed E-state index contributed by atoms with van der Waals surface area (Å²) < 4.78 is 1.77. The van der Waals surface area contributed by atoms with Crippen molar-refractivity contribution in [2.75, 3.05) is 18.9 Å². The first-order chi connectivity index (χ1) is 11.7. The molecule has 134 valence electrons. The van der Waals surface area contributed by atoms with Crippen molar-refractivity contribution in [1.82, 2.24) is 14.7 Å². The summed E-state index contributed by atoms with van der Waals surface area (Å²) in [6.07, 6.45) is 0.249. The summed E-state index contributed by atoms with van der Waals surface area (Å²) in [7, 11) is 3.51. The number of carbonyl (C=O) groups excluding carboxylic acids is 2. The molecule has 6 heteroatoms. The average molecular weight is 342 g/mol. The maximum Gasteiger partial charge on any atom is 0.243 e. The van der Waals surface area contributed by atoms with Gasteiger partial charge in [-0.3, -0.25) is 14.3 Å². The number of hydrogen-bond acceptors (Lipinski definition) is 3. The van der Waals surface area contributed by atoms with E-state index in [1.807, 2.05) is 52.9 Å². The topological polar surface area (TPSA) is 67.2 Å². The molecule has 2 amide bonds. The van der Waals surface area contributed by atoms with Crippen LogP contribution in [0.1, 0.15) is 28.1 Å². The number of hydrogen-bond donors (Lipinski definition) is 1. The molecule has 1 aromatic carbocycles. The molecule has 1 heterocycles. The lowest BCUT2D eigenvalue weighted by molar-refractivity contribution is -0.132. The van der Waals surface area contributed by atoms with Crippen LogP contribution in [0.4, 0.5) is 5.69 Å². The molecule has 0 saturated heterocycles. The van der Waals surface area contributed by atoms with Crippen molar-refractivity contribution in [2.45, 2.75) is 34.1 Å². The number of amides is 2. The van der Waals surface area contributed by atoms with Gasteiger partial charge < -0.3 is 10.2 Å². The Morgan fingerprint density at radius 2 is 1.76 bits per heavy atom. The standard InChI is InChI=1S/C19H26N4O2/c1-12-8-7-9-13(2)19(12)20-17(24)11-22(5)18(25)10-16-14(3)21-23(6)15(16)4/h7-9H,10-11H2,1-6H3,(H,20,24). The van der Waals surface area contributed by atoms with Crippen LogP contribution in [0.3, 0.4) is 0 Å². The van der Waals surface area contributed by atoms with Crippen LogP contribution in [0.5, 0.6) is 0 Å². The van der Waals surface area contributed by atoms with Crippen LogP contribution >= 0.6 is 0 Å². The molecule has 0 bridgehead atoms. The van der Waals surface area contributed by atoms with E-state index < -0.39 is 0 Å². The number of nitrogens with one attached hydrogen (secondary N) is 1. The third kappa shape index (κ3) is 4.26. The van der Waals surface area contributed by atoms with E-state index in [0.29, 0.717) is 0 Å². The van der Waals surface area contributed by atoms with E-state index in [0.717, 1.165) is 33.8 Å². The molecule has 25 heavy (non-hydrogen) atoms. The molecule has 0 saturated carbocycles. The molecule has 0 atom stereocenters. The van der Waals surface area contributed by atoms with Gasteiger partial charge in [0.25, 0.3) is 0 Å². The van der Waals surface area contributed by atoms with Crippen LogP contribution < -0.4 is 5.32 Å². The van der Waals surface area contributed by atoms with Gasteiger partial charge in [0.1, 0.15) is 0 Å². The monoisotopic (exact) mass is 342 g/mol. The number of nitrogens with zero attached hydrogens (tertiary/aromatic N) is 3. The lowest BCUT2D eigenvalue weighted by Gasteiger charge is -2.18. The highest BCUT2D eigenvalue weighted by Gasteiger charge is 2.18. The second-order valence-corrected chi connectivity index (χ2v) is 6.51. The van der Waals surface area contributed by atoms with Crippen molar-refractivity contribution >= 4 is 17.5 Å². The van der Waals surface area contributed by atoms with Gasteiger partial charge in [-0.05, 0) is 38.8 Å². The number of aromatic nitrogens is 2. The lowest BCUT2D eigenvalue weighted by atomic mass is 10.1. The first kappa shape index (κ1) is 18.7. The fourth-order valence-corrected chi connectivity index (χ4v) is 2.85. The van der Waals surface area contributed by atoms with Crippen LogP contribution in [0.15, 0.2) is 18.2 Å². The first-order valence-electron chi connectivity index (χ1n) is 8.29. The van der Waals surface area contributed by atoms with Gasteiger partial charge in [0.2, 0.25) is 11.8 Å². The van der Waals surface area contributed by atoms with E-state index >= 15 is 0 Å². The predicted octanol–water partition coefficient (Wildman–Crippen LogP) is 2.29. The van der Waals surface area contributed by atoms with Gasteiger partial charge in [0, 0.05) is 31.0 Å². The Hall–Kier alpha value is -2.63. The number of rotatable bonds is 5. The zero-order valence-electron chi connectivity index (χ0n) is 15.8. The van der Waals surface area contributed by atoms with Gasteiger partial charge in [-0.1, -0.05) is 18.2 Å². The normalized spacial score (nSPS) is 10.6. The van der Waals surface area contributed by atoms with Crippen molar-refractivity contribution in [1.29, 1.82) is 0 Å². The van der Waals surface area contributed by atoms with Crippen LogP contribution in [0.25, 0.3) is 0 Å². The fraction of sp³-hybridized carbons (Fsp3) is 0.421. The Morgan fingerprint density at radius 1 is 1.16 bits per heavy atom. The van der Waals surface area contributed by atoms with E-state index in [-0.39, 0.29) is 24.8 Å². The maximum absolute atomic E-state index is 12.5. The first-order valence-corrected chi connectivity index (χ1v) is 8.29. The molecule has 1 aromatic heterocycles. The zero-order chi connectivity index (χ0) is 18.7. The number of benzene rings is 1. The Morgan fingerprint density at radius 3 is 2.28 bits per heavy atom. The van der Waals surface area contributed by atoms with Crippen LogP contribution in [-0.4, -0.2) is 40.1 Å². The number of aryl methyl sites for hydroxylation is 4. The molecule has 2 rings (SSSR count). The lowest BCUT2D eigenvalue weighted by Crippen LogP contribution is -2.36. The van der Waals surface area contributed by atoms with Crippen LogP contribution in [0.2, 0.25) is 0 Å². The minimum absolute atomic E-state index is 0.0188. The van der Waals surface area contributed by atoms with E-state index in [1.54, 1.807) is 11.7 Å². The third-order valence-corrected chi connectivity index (χ3v) is 4.54.